The second kappa shape index (κ2) is 6.18. The lowest BCUT2D eigenvalue weighted by Crippen LogP contribution is -2.35. The van der Waals surface area contributed by atoms with Crippen LogP contribution in [0.1, 0.15) is 36.0 Å². The van der Waals surface area contributed by atoms with Crippen LogP contribution in [0, 0.1) is 5.92 Å². The first-order chi connectivity index (χ1) is 10.2. The van der Waals surface area contributed by atoms with E-state index in [0.29, 0.717) is 18.0 Å². The maximum Gasteiger partial charge on any atom is 0.251 e. The highest BCUT2D eigenvalue weighted by Crippen LogP contribution is 2.22. The average Bonchev–Trinajstić information content (AvgIpc) is 2.52. The molecule has 3 N–H and O–H groups in total. The third-order valence-electron chi connectivity index (χ3n) is 4.11. The van der Waals surface area contributed by atoms with Crippen molar-refractivity contribution in [2.24, 2.45) is 11.7 Å². The van der Waals surface area contributed by atoms with Crippen LogP contribution in [0.15, 0.2) is 30.6 Å². The second-order valence-electron chi connectivity index (χ2n) is 5.76. The molecule has 2 atom stereocenters. The molecule has 1 fully saturated rings. The highest BCUT2D eigenvalue weighted by atomic mass is 16.1. The summed E-state index contributed by atoms with van der Waals surface area (Å²) in [6.45, 7) is 0.699. The van der Waals surface area contributed by atoms with E-state index in [1.54, 1.807) is 24.5 Å². The van der Waals surface area contributed by atoms with E-state index in [9.17, 15) is 4.79 Å². The molecular formula is C16H20N4O. The summed E-state index contributed by atoms with van der Waals surface area (Å²) >= 11 is 0. The molecule has 0 aliphatic heterocycles. The molecule has 5 nitrogen and oxygen atoms in total. The Balaban J connectivity index is 1.63. The van der Waals surface area contributed by atoms with Crippen molar-refractivity contribution in [3.05, 3.63) is 36.2 Å². The number of carbonyl (C=O) groups is 1. The minimum Gasteiger partial charge on any atom is -0.352 e. The molecule has 21 heavy (non-hydrogen) atoms. The van der Waals surface area contributed by atoms with Crippen LogP contribution in [0.25, 0.3) is 11.0 Å². The molecule has 1 amide bonds. The van der Waals surface area contributed by atoms with Gasteiger partial charge in [-0.05, 0) is 43.4 Å². The predicted molar refractivity (Wildman–Crippen MR) is 81.8 cm³/mol. The van der Waals surface area contributed by atoms with Crippen LogP contribution in [-0.4, -0.2) is 28.5 Å². The second-order valence-corrected chi connectivity index (χ2v) is 5.76. The summed E-state index contributed by atoms with van der Waals surface area (Å²) in [6, 6.07) is 5.69. The molecule has 1 aliphatic rings. The fraction of sp³-hybridized carbons (Fsp3) is 0.438. The van der Waals surface area contributed by atoms with Crippen molar-refractivity contribution < 1.29 is 4.79 Å². The summed E-state index contributed by atoms with van der Waals surface area (Å²) in [5.41, 5.74) is 8.14. The van der Waals surface area contributed by atoms with Gasteiger partial charge in [-0.15, -0.1) is 0 Å². The zero-order chi connectivity index (χ0) is 14.7. The number of hydrogen-bond donors (Lipinski definition) is 2. The van der Waals surface area contributed by atoms with Crippen molar-refractivity contribution in [1.29, 1.82) is 0 Å². The molecule has 5 heteroatoms. The summed E-state index contributed by atoms with van der Waals surface area (Å²) in [6.07, 6.45) is 7.70. The molecule has 2 unspecified atom stereocenters. The molecule has 3 rings (SSSR count). The van der Waals surface area contributed by atoms with Gasteiger partial charge in [-0.2, -0.15) is 0 Å². The van der Waals surface area contributed by atoms with E-state index in [-0.39, 0.29) is 11.9 Å². The van der Waals surface area contributed by atoms with Crippen LogP contribution in [0.3, 0.4) is 0 Å². The Morgan fingerprint density at radius 2 is 2.05 bits per heavy atom. The van der Waals surface area contributed by atoms with Crippen molar-refractivity contribution >= 4 is 16.9 Å². The first-order valence-electron chi connectivity index (χ1n) is 7.47. The lowest BCUT2D eigenvalue weighted by atomic mass is 9.86. The molecule has 1 saturated carbocycles. The SMILES string of the molecule is NC1CCCC(CNC(=O)c2ccc3nccnc3c2)C1. The minimum absolute atomic E-state index is 0.0540. The monoisotopic (exact) mass is 284 g/mol. The zero-order valence-electron chi connectivity index (χ0n) is 12.0. The largest absolute Gasteiger partial charge is 0.352 e. The average molecular weight is 284 g/mol. The highest BCUT2D eigenvalue weighted by Gasteiger charge is 2.19. The molecule has 0 bridgehead atoms. The lowest BCUT2D eigenvalue weighted by molar-refractivity contribution is 0.0942. The number of rotatable bonds is 3. The number of nitrogens with two attached hydrogens (primary N) is 1. The zero-order valence-corrected chi connectivity index (χ0v) is 12.0. The van der Waals surface area contributed by atoms with Gasteiger partial charge in [0.25, 0.3) is 5.91 Å². The summed E-state index contributed by atoms with van der Waals surface area (Å²) in [5, 5.41) is 3.01. The number of nitrogens with one attached hydrogen (secondary N) is 1. The number of aromatic nitrogens is 2. The van der Waals surface area contributed by atoms with Crippen molar-refractivity contribution in [1.82, 2.24) is 15.3 Å². The summed E-state index contributed by atoms with van der Waals surface area (Å²) in [4.78, 5) is 20.6. The number of amides is 1. The topological polar surface area (TPSA) is 80.9 Å². The smallest absolute Gasteiger partial charge is 0.251 e. The van der Waals surface area contributed by atoms with Crippen LogP contribution < -0.4 is 11.1 Å². The van der Waals surface area contributed by atoms with Crippen molar-refractivity contribution in [3.8, 4) is 0 Å². The van der Waals surface area contributed by atoms with Crippen LogP contribution in [0.2, 0.25) is 0 Å². The molecule has 2 aromatic rings. The highest BCUT2D eigenvalue weighted by molar-refractivity contribution is 5.97. The van der Waals surface area contributed by atoms with Crippen LogP contribution >= 0.6 is 0 Å². The fourth-order valence-corrected chi connectivity index (χ4v) is 2.96. The van der Waals surface area contributed by atoms with Gasteiger partial charge in [-0.25, -0.2) is 0 Å². The summed E-state index contributed by atoms with van der Waals surface area (Å²) in [5.74, 6) is 0.444. The Labute approximate surface area is 124 Å². The van der Waals surface area contributed by atoms with Gasteiger partial charge in [0.1, 0.15) is 0 Å². The van der Waals surface area contributed by atoms with Crippen molar-refractivity contribution in [2.75, 3.05) is 6.54 Å². The molecule has 0 radical (unpaired) electrons. The normalized spacial score (nSPS) is 22.1. The molecule has 1 aromatic heterocycles. The van der Waals surface area contributed by atoms with Crippen molar-refractivity contribution in [3.63, 3.8) is 0 Å². The first kappa shape index (κ1) is 13.9. The Morgan fingerprint density at radius 3 is 2.86 bits per heavy atom. The van der Waals surface area contributed by atoms with E-state index in [4.69, 9.17) is 5.73 Å². The predicted octanol–water partition coefficient (Wildman–Crippen LogP) is 1.88. The Morgan fingerprint density at radius 1 is 1.24 bits per heavy atom. The van der Waals surface area contributed by atoms with Crippen molar-refractivity contribution in [2.45, 2.75) is 31.7 Å². The van der Waals surface area contributed by atoms with Gasteiger partial charge in [0.2, 0.25) is 0 Å². The molecule has 1 heterocycles. The van der Waals surface area contributed by atoms with Crippen LogP contribution in [0.4, 0.5) is 0 Å². The maximum absolute atomic E-state index is 12.2. The molecule has 1 aromatic carbocycles. The van der Waals surface area contributed by atoms with Crippen LogP contribution in [0.5, 0.6) is 0 Å². The standard InChI is InChI=1S/C16H20N4O/c17-13-3-1-2-11(8-13)10-20-16(21)12-4-5-14-15(9-12)19-7-6-18-14/h4-7,9,11,13H,1-3,8,10,17H2,(H,20,21). The van der Waals surface area contributed by atoms with E-state index >= 15 is 0 Å². The van der Waals surface area contributed by atoms with Gasteiger partial charge in [-0.3, -0.25) is 14.8 Å². The van der Waals surface area contributed by atoms with Gasteiger partial charge in [0.15, 0.2) is 0 Å². The van der Waals surface area contributed by atoms with E-state index in [1.165, 1.54) is 0 Å². The Bertz CT molecular complexity index is 643. The van der Waals surface area contributed by atoms with E-state index in [0.717, 1.165) is 36.7 Å². The first-order valence-corrected chi connectivity index (χ1v) is 7.47. The van der Waals surface area contributed by atoms with E-state index in [2.05, 4.69) is 15.3 Å². The Kier molecular flexibility index (Phi) is 4.10. The third-order valence-corrected chi connectivity index (χ3v) is 4.11. The molecule has 0 saturated heterocycles. The Hall–Kier alpha value is -2.01. The maximum atomic E-state index is 12.2. The fourth-order valence-electron chi connectivity index (χ4n) is 2.96. The van der Waals surface area contributed by atoms with Gasteiger partial charge in [0.05, 0.1) is 11.0 Å². The van der Waals surface area contributed by atoms with E-state index < -0.39 is 0 Å². The third kappa shape index (κ3) is 3.36. The molecule has 0 spiro atoms. The lowest BCUT2D eigenvalue weighted by Gasteiger charge is -2.26. The molecule has 1 aliphatic carbocycles. The summed E-state index contributed by atoms with van der Waals surface area (Å²) < 4.78 is 0. The van der Waals surface area contributed by atoms with E-state index in [1.807, 2.05) is 6.07 Å². The molecular weight excluding hydrogens is 264 g/mol. The number of carbonyl (C=O) groups excluding carboxylic acids is 1. The quantitative estimate of drug-likeness (QED) is 0.901. The van der Waals surface area contributed by atoms with Gasteiger partial charge in [0, 0.05) is 30.5 Å². The van der Waals surface area contributed by atoms with Gasteiger partial charge < -0.3 is 11.1 Å². The minimum atomic E-state index is -0.0540. The van der Waals surface area contributed by atoms with Crippen LogP contribution in [-0.2, 0) is 0 Å². The number of nitrogens with zero attached hydrogens (tertiary/aromatic N) is 2. The summed E-state index contributed by atoms with van der Waals surface area (Å²) in [7, 11) is 0. The number of hydrogen-bond acceptors (Lipinski definition) is 4. The van der Waals surface area contributed by atoms with Gasteiger partial charge >= 0.3 is 0 Å². The van der Waals surface area contributed by atoms with Gasteiger partial charge in [-0.1, -0.05) is 6.42 Å². The number of benzene rings is 1. The number of fused-ring (bicyclic) bond motifs is 1. The molecule has 110 valence electrons.